The number of methoxy groups -OCH3 is 1. The van der Waals surface area contributed by atoms with Crippen molar-refractivity contribution in [1.29, 1.82) is 0 Å². The van der Waals surface area contributed by atoms with Gasteiger partial charge >= 0.3 is 0 Å². The largest absolute Gasteiger partial charge is 0.480 e. The Morgan fingerprint density at radius 2 is 2.38 bits per heavy atom. The summed E-state index contributed by atoms with van der Waals surface area (Å²) in [7, 11) is 3.75. The zero-order chi connectivity index (χ0) is 11.5. The Morgan fingerprint density at radius 1 is 1.56 bits per heavy atom. The number of likely N-dealkylation sites (tertiary alicyclic amines) is 1. The van der Waals surface area contributed by atoms with E-state index in [1.54, 1.807) is 7.11 Å². The number of likely N-dealkylation sites (N-methyl/N-ethyl adjacent to an activating group) is 1. The molecule has 4 heteroatoms. The van der Waals surface area contributed by atoms with Crippen molar-refractivity contribution in [3.8, 4) is 5.88 Å². The minimum atomic E-state index is 0.521. The molecule has 1 saturated heterocycles. The molecule has 1 aromatic heterocycles. The van der Waals surface area contributed by atoms with Gasteiger partial charge in [-0.05, 0) is 44.0 Å². The molecule has 16 heavy (non-hydrogen) atoms. The molecule has 0 spiro atoms. The maximum absolute atomic E-state index is 5.87. The highest BCUT2D eigenvalue weighted by Crippen LogP contribution is 2.29. The molecule has 1 fully saturated rings. The van der Waals surface area contributed by atoms with Gasteiger partial charge in [0.1, 0.15) is 0 Å². The second-order valence-corrected chi connectivity index (χ2v) is 4.47. The Bertz CT molecular complexity index is 367. The smallest absolute Gasteiger partial charge is 0.236 e. The second-order valence-electron chi connectivity index (χ2n) is 4.47. The van der Waals surface area contributed by atoms with Crippen molar-refractivity contribution >= 4 is 5.69 Å². The van der Waals surface area contributed by atoms with Gasteiger partial charge in [-0.25, -0.2) is 4.98 Å². The molecule has 0 aliphatic carbocycles. The van der Waals surface area contributed by atoms with Crippen molar-refractivity contribution in [2.24, 2.45) is 0 Å². The van der Waals surface area contributed by atoms with E-state index in [1.807, 2.05) is 12.3 Å². The quantitative estimate of drug-likeness (QED) is 0.822. The SMILES string of the molecule is COc1ncc(C2CCCN(C)C2)cc1N. The van der Waals surface area contributed by atoms with Crippen molar-refractivity contribution in [2.75, 3.05) is 33.0 Å². The number of pyridine rings is 1. The number of piperidine rings is 1. The van der Waals surface area contributed by atoms with Crippen molar-refractivity contribution in [2.45, 2.75) is 18.8 Å². The second kappa shape index (κ2) is 4.70. The summed E-state index contributed by atoms with van der Waals surface area (Å²) in [5.74, 6) is 1.08. The van der Waals surface area contributed by atoms with E-state index in [0.29, 0.717) is 17.5 Å². The summed E-state index contributed by atoms with van der Waals surface area (Å²) in [6.07, 6.45) is 4.35. The topological polar surface area (TPSA) is 51.4 Å². The van der Waals surface area contributed by atoms with Crippen molar-refractivity contribution in [3.63, 3.8) is 0 Å². The molecule has 0 radical (unpaired) electrons. The minimum absolute atomic E-state index is 0.521. The van der Waals surface area contributed by atoms with E-state index in [9.17, 15) is 0 Å². The fourth-order valence-electron chi connectivity index (χ4n) is 2.32. The van der Waals surface area contributed by atoms with Crippen LogP contribution >= 0.6 is 0 Å². The number of nitrogen functional groups attached to an aromatic ring is 1. The van der Waals surface area contributed by atoms with Crippen molar-refractivity contribution in [3.05, 3.63) is 17.8 Å². The Hall–Kier alpha value is -1.29. The van der Waals surface area contributed by atoms with Crippen molar-refractivity contribution in [1.82, 2.24) is 9.88 Å². The van der Waals surface area contributed by atoms with E-state index in [0.717, 1.165) is 6.54 Å². The number of aromatic nitrogens is 1. The maximum Gasteiger partial charge on any atom is 0.236 e. The van der Waals surface area contributed by atoms with Crippen LogP contribution in [0.5, 0.6) is 5.88 Å². The summed E-state index contributed by atoms with van der Waals surface area (Å²) in [4.78, 5) is 6.59. The van der Waals surface area contributed by atoms with Crippen LogP contribution in [0.15, 0.2) is 12.3 Å². The first-order valence-electron chi connectivity index (χ1n) is 5.68. The maximum atomic E-state index is 5.87. The lowest BCUT2D eigenvalue weighted by atomic mass is 9.92. The highest BCUT2D eigenvalue weighted by atomic mass is 16.5. The van der Waals surface area contributed by atoms with Crippen LogP contribution in [-0.2, 0) is 0 Å². The van der Waals surface area contributed by atoms with Gasteiger partial charge in [0, 0.05) is 12.7 Å². The Labute approximate surface area is 96.4 Å². The van der Waals surface area contributed by atoms with Crippen LogP contribution in [0.3, 0.4) is 0 Å². The van der Waals surface area contributed by atoms with Crippen LogP contribution in [-0.4, -0.2) is 37.1 Å². The van der Waals surface area contributed by atoms with Gasteiger partial charge in [0.05, 0.1) is 12.8 Å². The standard InChI is InChI=1S/C12H19N3O/c1-15-5-3-4-9(8-15)10-6-11(13)12(16-2)14-7-10/h6-7,9H,3-5,8,13H2,1-2H3. The molecule has 0 bridgehead atoms. The molecular formula is C12H19N3O. The van der Waals surface area contributed by atoms with Gasteiger partial charge in [0.2, 0.25) is 5.88 Å². The first-order chi connectivity index (χ1) is 7.70. The van der Waals surface area contributed by atoms with E-state index >= 15 is 0 Å². The van der Waals surface area contributed by atoms with E-state index < -0.39 is 0 Å². The number of anilines is 1. The first kappa shape index (κ1) is 11.2. The minimum Gasteiger partial charge on any atom is -0.480 e. The predicted octanol–water partition coefficient (Wildman–Crippen LogP) is 1.48. The van der Waals surface area contributed by atoms with Gasteiger partial charge in [-0.2, -0.15) is 0 Å². The Morgan fingerprint density at radius 3 is 3.00 bits per heavy atom. The normalized spacial score (nSPS) is 22.0. The molecule has 2 N–H and O–H groups in total. The fraction of sp³-hybridized carbons (Fsp3) is 0.583. The molecule has 0 amide bonds. The third-order valence-electron chi connectivity index (χ3n) is 3.19. The zero-order valence-electron chi connectivity index (χ0n) is 9.94. The molecule has 1 atom stereocenters. The Balaban J connectivity index is 2.17. The summed E-state index contributed by atoms with van der Waals surface area (Å²) in [5.41, 5.74) is 7.73. The van der Waals surface area contributed by atoms with Gasteiger partial charge in [-0.1, -0.05) is 0 Å². The molecule has 1 aliphatic heterocycles. The molecule has 1 aromatic rings. The number of hydrogen-bond acceptors (Lipinski definition) is 4. The van der Waals surface area contributed by atoms with Crippen LogP contribution in [0.4, 0.5) is 5.69 Å². The molecule has 88 valence electrons. The van der Waals surface area contributed by atoms with Crippen LogP contribution < -0.4 is 10.5 Å². The molecule has 0 aromatic carbocycles. The average Bonchev–Trinajstić information content (AvgIpc) is 2.29. The lowest BCUT2D eigenvalue weighted by Gasteiger charge is -2.29. The summed E-state index contributed by atoms with van der Waals surface area (Å²) >= 11 is 0. The van der Waals surface area contributed by atoms with Crippen LogP contribution in [0, 0.1) is 0 Å². The highest BCUT2D eigenvalue weighted by Gasteiger charge is 2.19. The van der Waals surface area contributed by atoms with Crippen molar-refractivity contribution < 1.29 is 4.74 Å². The highest BCUT2D eigenvalue weighted by molar-refractivity contribution is 5.50. The molecular weight excluding hydrogens is 202 g/mol. The number of hydrogen-bond donors (Lipinski definition) is 1. The summed E-state index contributed by atoms with van der Waals surface area (Å²) in [5, 5.41) is 0. The van der Waals surface area contributed by atoms with E-state index in [1.165, 1.54) is 24.9 Å². The van der Waals surface area contributed by atoms with Gasteiger partial charge in [0.25, 0.3) is 0 Å². The van der Waals surface area contributed by atoms with E-state index in [2.05, 4.69) is 16.9 Å². The van der Waals surface area contributed by atoms with Crippen LogP contribution in [0.1, 0.15) is 24.3 Å². The predicted molar refractivity (Wildman–Crippen MR) is 64.7 cm³/mol. The summed E-state index contributed by atoms with van der Waals surface area (Å²) in [6, 6.07) is 2.00. The number of nitrogens with two attached hydrogens (primary N) is 1. The molecule has 2 heterocycles. The van der Waals surface area contributed by atoms with Gasteiger partial charge in [0.15, 0.2) is 0 Å². The first-order valence-corrected chi connectivity index (χ1v) is 5.68. The number of rotatable bonds is 2. The zero-order valence-corrected chi connectivity index (χ0v) is 9.94. The lowest BCUT2D eigenvalue weighted by molar-refractivity contribution is 0.250. The van der Waals surface area contributed by atoms with Gasteiger partial charge in [-0.15, -0.1) is 0 Å². The monoisotopic (exact) mass is 221 g/mol. The molecule has 0 saturated carbocycles. The third-order valence-corrected chi connectivity index (χ3v) is 3.19. The van der Waals surface area contributed by atoms with Gasteiger partial charge < -0.3 is 15.4 Å². The van der Waals surface area contributed by atoms with Crippen LogP contribution in [0.25, 0.3) is 0 Å². The van der Waals surface area contributed by atoms with Crippen LogP contribution in [0.2, 0.25) is 0 Å². The number of ether oxygens (including phenoxy) is 1. The molecule has 1 aliphatic rings. The van der Waals surface area contributed by atoms with Gasteiger partial charge in [-0.3, -0.25) is 0 Å². The molecule has 2 rings (SSSR count). The summed E-state index contributed by atoms with van der Waals surface area (Å²) < 4.78 is 5.06. The fourth-order valence-corrected chi connectivity index (χ4v) is 2.32. The van der Waals surface area contributed by atoms with E-state index in [-0.39, 0.29) is 0 Å². The number of nitrogens with zero attached hydrogens (tertiary/aromatic N) is 2. The average molecular weight is 221 g/mol. The lowest BCUT2D eigenvalue weighted by Crippen LogP contribution is -2.30. The molecule has 4 nitrogen and oxygen atoms in total. The molecule has 1 unspecified atom stereocenters. The Kier molecular flexibility index (Phi) is 3.29. The van der Waals surface area contributed by atoms with E-state index in [4.69, 9.17) is 10.5 Å². The third kappa shape index (κ3) is 2.27. The summed E-state index contributed by atoms with van der Waals surface area (Å²) in [6.45, 7) is 2.28.